The summed E-state index contributed by atoms with van der Waals surface area (Å²) < 4.78 is 1.47. The molecule has 188 valence electrons. The first-order valence-electron chi connectivity index (χ1n) is 12.8. The highest BCUT2D eigenvalue weighted by Gasteiger charge is 2.23. The van der Waals surface area contributed by atoms with Gasteiger partial charge in [-0.05, 0) is 79.4 Å². The average molecular weight is 502 g/mol. The van der Waals surface area contributed by atoms with Crippen LogP contribution in [0.2, 0.25) is 0 Å². The molecule has 0 saturated heterocycles. The van der Waals surface area contributed by atoms with E-state index in [1.54, 1.807) is 12.3 Å². The first-order chi connectivity index (χ1) is 18.6. The van der Waals surface area contributed by atoms with Crippen molar-refractivity contribution >= 4 is 28.2 Å². The summed E-state index contributed by atoms with van der Waals surface area (Å²) >= 11 is 0. The third-order valence-corrected chi connectivity index (χ3v) is 6.72. The molecule has 2 N–H and O–H groups in total. The van der Waals surface area contributed by atoms with E-state index >= 15 is 0 Å². The molecule has 1 saturated carbocycles. The number of carbonyl (C=O) groups is 1. The molecule has 2 aromatic heterocycles. The van der Waals surface area contributed by atoms with E-state index in [1.165, 1.54) is 4.68 Å². The third kappa shape index (κ3) is 4.78. The smallest absolute Gasteiger partial charge is 0.290 e. The van der Waals surface area contributed by atoms with Gasteiger partial charge in [0.05, 0.1) is 11.2 Å². The molecule has 38 heavy (non-hydrogen) atoms. The molecule has 3 aromatic carbocycles. The number of aryl methyl sites for hydroxylation is 1. The van der Waals surface area contributed by atoms with Crippen LogP contribution in [0.25, 0.3) is 33.3 Å². The normalized spacial score (nSPS) is 12.9. The number of anilines is 2. The third-order valence-electron chi connectivity index (χ3n) is 6.72. The number of aromatic nitrogens is 3. The summed E-state index contributed by atoms with van der Waals surface area (Å²) in [5.41, 5.74) is 6.02. The molecule has 1 aliphatic carbocycles. The van der Waals surface area contributed by atoms with E-state index in [4.69, 9.17) is 0 Å². The van der Waals surface area contributed by atoms with E-state index in [2.05, 4.69) is 20.7 Å². The predicted octanol–water partition coefficient (Wildman–Crippen LogP) is 5.78. The molecule has 6 rings (SSSR count). The lowest BCUT2D eigenvalue weighted by Crippen LogP contribution is -2.25. The molecule has 1 aliphatic rings. The van der Waals surface area contributed by atoms with Gasteiger partial charge in [-0.3, -0.25) is 14.6 Å². The van der Waals surface area contributed by atoms with Crippen LogP contribution in [0.1, 0.15) is 30.1 Å². The summed E-state index contributed by atoms with van der Waals surface area (Å²) in [6.45, 7) is 2.34. The first-order valence-corrected chi connectivity index (χ1v) is 12.8. The minimum Gasteiger partial charge on any atom is -0.350 e. The van der Waals surface area contributed by atoms with Crippen molar-refractivity contribution in [2.24, 2.45) is 0 Å². The molecule has 7 heteroatoms. The summed E-state index contributed by atoms with van der Waals surface area (Å²) in [7, 11) is 0. The largest absolute Gasteiger partial charge is 0.350 e. The van der Waals surface area contributed by atoms with E-state index in [1.807, 2.05) is 85.8 Å². The highest BCUT2D eigenvalue weighted by Crippen LogP contribution is 2.29. The number of rotatable bonds is 7. The van der Waals surface area contributed by atoms with Gasteiger partial charge in [0, 0.05) is 41.0 Å². The van der Waals surface area contributed by atoms with Gasteiger partial charge in [-0.25, -0.2) is 4.68 Å². The van der Waals surface area contributed by atoms with Crippen LogP contribution >= 0.6 is 0 Å². The van der Waals surface area contributed by atoms with Gasteiger partial charge in [-0.15, -0.1) is 0 Å². The Kier molecular flexibility index (Phi) is 6.17. The lowest BCUT2D eigenvalue weighted by Gasteiger charge is -2.13. The molecule has 0 unspecified atom stereocenters. The lowest BCUT2D eigenvalue weighted by atomic mass is 9.99. The number of hydrogen-bond acceptors (Lipinski definition) is 5. The number of pyridine rings is 1. The van der Waals surface area contributed by atoms with Crippen LogP contribution < -0.4 is 16.2 Å². The summed E-state index contributed by atoms with van der Waals surface area (Å²) in [6, 6.07) is 27.4. The molecule has 5 aromatic rings. The molecule has 1 amide bonds. The average Bonchev–Trinajstić information content (AvgIpc) is 3.78. The van der Waals surface area contributed by atoms with Crippen LogP contribution in [0.3, 0.4) is 0 Å². The van der Waals surface area contributed by atoms with Gasteiger partial charge in [0.15, 0.2) is 0 Å². The van der Waals surface area contributed by atoms with Crippen LogP contribution in [0.4, 0.5) is 11.4 Å². The van der Waals surface area contributed by atoms with Crippen molar-refractivity contribution in [2.75, 3.05) is 5.32 Å². The summed E-state index contributed by atoms with van der Waals surface area (Å²) in [4.78, 5) is 30.2. The Morgan fingerprint density at radius 2 is 1.66 bits per heavy atom. The Bertz CT molecular complexity index is 1720. The Morgan fingerprint density at radius 3 is 2.47 bits per heavy atom. The van der Waals surface area contributed by atoms with Gasteiger partial charge in [-0.1, -0.05) is 36.4 Å². The molecule has 0 spiro atoms. The van der Waals surface area contributed by atoms with Crippen LogP contribution in [0.5, 0.6) is 0 Å². The molecule has 0 aliphatic heterocycles. The number of fused-ring (bicyclic) bond motifs is 1. The number of benzene rings is 3. The summed E-state index contributed by atoms with van der Waals surface area (Å²) in [5, 5.41) is 11.9. The minimum atomic E-state index is -0.192. The molecular formula is C31H27N5O2. The zero-order valence-electron chi connectivity index (χ0n) is 21.0. The Hall–Kier alpha value is -4.78. The monoisotopic (exact) mass is 501 g/mol. The molecule has 0 bridgehead atoms. The van der Waals surface area contributed by atoms with Crippen LogP contribution in [-0.4, -0.2) is 26.7 Å². The van der Waals surface area contributed by atoms with Gasteiger partial charge in [-0.2, -0.15) is 5.10 Å². The topological polar surface area (TPSA) is 88.9 Å². The molecular weight excluding hydrogens is 474 g/mol. The van der Waals surface area contributed by atoms with E-state index < -0.39 is 0 Å². The maximum Gasteiger partial charge on any atom is 0.290 e. The summed E-state index contributed by atoms with van der Waals surface area (Å²) in [6.07, 6.45) is 3.85. The number of nitrogens with zero attached hydrogens (tertiary/aromatic N) is 3. The quantitative estimate of drug-likeness (QED) is 0.295. The lowest BCUT2D eigenvalue weighted by molar-refractivity contribution is 0.0951. The fraction of sp³-hybridized carbons (Fsp3) is 0.161. The van der Waals surface area contributed by atoms with Crippen molar-refractivity contribution in [1.29, 1.82) is 0 Å². The number of nitrogens with one attached hydrogen (secondary N) is 2. The number of amides is 1. The van der Waals surface area contributed by atoms with Crippen molar-refractivity contribution in [3.63, 3.8) is 0 Å². The maximum atomic E-state index is 13.2. The molecule has 2 heterocycles. The predicted molar refractivity (Wildman–Crippen MR) is 151 cm³/mol. The van der Waals surface area contributed by atoms with Gasteiger partial charge in [0.25, 0.3) is 11.5 Å². The number of hydrogen-bond donors (Lipinski definition) is 2. The van der Waals surface area contributed by atoms with Crippen LogP contribution in [0, 0.1) is 0 Å². The first kappa shape index (κ1) is 23.6. The van der Waals surface area contributed by atoms with Gasteiger partial charge in [0.1, 0.15) is 5.69 Å². The van der Waals surface area contributed by atoms with Crippen molar-refractivity contribution < 1.29 is 4.79 Å². The maximum absolute atomic E-state index is 13.2. The Balaban J connectivity index is 1.36. The van der Waals surface area contributed by atoms with Crippen LogP contribution in [0.15, 0.2) is 95.9 Å². The number of carbonyl (C=O) groups excluding carboxylic acids is 1. The fourth-order valence-electron chi connectivity index (χ4n) is 4.54. The van der Waals surface area contributed by atoms with E-state index in [0.29, 0.717) is 29.5 Å². The van der Waals surface area contributed by atoms with E-state index in [9.17, 15) is 9.59 Å². The van der Waals surface area contributed by atoms with E-state index in [-0.39, 0.29) is 11.5 Å². The Labute approximate surface area is 220 Å². The second-order valence-electron chi connectivity index (χ2n) is 9.47. The van der Waals surface area contributed by atoms with Crippen molar-refractivity contribution in [3.05, 3.63) is 107 Å². The van der Waals surface area contributed by atoms with Crippen LogP contribution in [-0.2, 0) is 6.54 Å². The molecule has 1 fully saturated rings. The van der Waals surface area contributed by atoms with Gasteiger partial charge < -0.3 is 10.6 Å². The Morgan fingerprint density at radius 1 is 0.895 bits per heavy atom. The van der Waals surface area contributed by atoms with Gasteiger partial charge in [0.2, 0.25) is 0 Å². The molecule has 0 radical (unpaired) electrons. The standard InChI is InChI=1S/C31H27N5O2/c1-2-36-31(38)29(34-27-13-5-12-26-25(27)11-6-16-32-26)19-28(35-36)22-9-3-7-20(17-22)21-8-4-10-23(18-21)30(37)33-24-14-15-24/h3-13,16-19,24,34H,2,14-15H2,1H3,(H,33,37). The fourth-order valence-corrected chi connectivity index (χ4v) is 4.54. The zero-order chi connectivity index (χ0) is 26.1. The van der Waals surface area contributed by atoms with Gasteiger partial charge >= 0.3 is 0 Å². The van der Waals surface area contributed by atoms with E-state index in [0.717, 1.165) is 46.1 Å². The highest BCUT2D eigenvalue weighted by atomic mass is 16.2. The second-order valence-corrected chi connectivity index (χ2v) is 9.47. The zero-order valence-corrected chi connectivity index (χ0v) is 21.0. The van der Waals surface area contributed by atoms with Crippen molar-refractivity contribution in [2.45, 2.75) is 32.4 Å². The van der Waals surface area contributed by atoms with Crippen molar-refractivity contribution in [3.8, 4) is 22.4 Å². The summed E-state index contributed by atoms with van der Waals surface area (Å²) in [5.74, 6) is -0.0402. The molecule has 0 atom stereocenters. The molecule has 7 nitrogen and oxygen atoms in total. The van der Waals surface area contributed by atoms with Crippen molar-refractivity contribution in [1.82, 2.24) is 20.1 Å². The highest BCUT2D eigenvalue weighted by molar-refractivity contribution is 5.96. The second kappa shape index (κ2) is 9.94. The minimum absolute atomic E-state index is 0.0402. The SMILES string of the molecule is CCn1nc(-c2cccc(-c3cccc(C(=O)NC4CC4)c3)c2)cc(Nc2cccc3ncccc23)c1=O.